The average Bonchev–Trinajstić information content (AvgIpc) is 2.81. The molecule has 3 nitrogen and oxygen atoms in total. The van der Waals surface area contributed by atoms with Crippen LogP contribution in [0.3, 0.4) is 0 Å². The van der Waals surface area contributed by atoms with E-state index >= 15 is 0 Å². The van der Waals surface area contributed by atoms with E-state index < -0.39 is 0 Å². The second kappa shape index (κ2) is 5.47. The molecule has 0 spiro atoms. The highest BCUT2D eigenvalue weighted by atomic mass is 79.9. The summed E-state index contributed by atoms with van der Waals surface area (Å²) in [7, 11) is 2.09. The van der Waals surface area contributed by atoms with Crippen LogP contribution < -0.4 is 5.32 Å². The predicted molar refractivity (Wildman–Crippen MR) is 80.1 cm³/mol. The first-order valence-corrected chi connectivity index (χ1v) is 7.52. The van der Waals surface area contributed by atoms with Crippen molar-refractivity contribution in [3.05, 3.63) is 52.0 Å². The monoisotopic (exact) mass is 319 g/mol. The highest BCUT2D eigenvalue weighted by Crippen LogP contribution is 2.26. The summed E-state index contributed by atoms with van der Waals surface area (Å²) in [5.41, 5.74) is 3.99. The fourth-order valence-corrected chi connectivity index (χ4v) is 3.25. The number of halogens is 1. The van der Waals surface area contributed by atoms with Gasteiger partial charge in [-0.05, 0) is 24.5 Å². The molecular formula is C15H18BrN3. The van der Waals surface area contributed by atoms with Gasteiger partial charge < -0.3 is 9.88 Å². The first-order chi connectivity index (χ1) is 9.25. The topological polar surface area (TPSA) is 29.9 Å². The molecule has 0 amide bonds. The third-order valence-electron chi connectivity index (χ3n) is 3.83. The molecular weight excluding hydrogens is 302 g/mol. The van der Waals surface area contributed by atoms with E-state index in [-0.39, 0.29) is 0 Å². The van der Waals surface area contributed by atoms with Crippen molar-refractivity contribution in [2.75, 3.05) is 6.54 Å². The Morgan fingerprint density at radius 3 is 3.11 bits per heavy atom. The quantitative estimate of drug-likeness (QED) is 0.942. The van der Waals surface area contributed by atoms with Gasteiger partial charge in [-0.25, -0.2) is 4.98 Å². The van der Waals surface area contributed by atoms with E-state index in [1.807, 2.05) is 6.33 Å². The fourth-order valence-electron chi connectivity index (χ4n) is 2.77. The van der Waals surface area contributed by atoms with Gasteiger partial charge in [-0.3, -0.25) is 0 Å². The smallest absolute Gasteiger partial charge is 0.0949 e. The first-order valence-electron chi connectivity index (χ1n) is 6.72. The number of aryl methyl sites for hydroxylation is 2. The molecule has 1 aromatic heterocycles. The van der Waals surface area contributed by atoms with E-state index in [1.165, 1.54) is 21.4 Å². The third kappa shape index (κ3) is 2.60. The van der Waals surface area contributed by atoms with Crippen LogP contribution in [-0.2, 0) is 19.9 Å². The summed E-state index contributed by atoms with van der Waals surface area (Å²) in [5, 5.41) is 3.59. The molecule has 2 aromatic rings. The van der Waals surface area contributed by atoms with Gasteiger partial charge in [-0.1, -0.05) is 34.1 Å². The van der Waals surface area contributed by atoms with Crippen LogP contribution in [0.15, 0.2) is 35.1 Å². The maximum Gasteiger partial charge on any atom is 0.0949 e. The largest absolute Gasteiger partial charge is 0.337 e. The zero-order valence-electron chi connectivity index (χ0n) is 11.1. The van der Waals surface area contributed by atoms with Crippen LogP contribution >= 0.6 is 15.9 Å². The van der Waals surface area contributed by atoms with Gasteiger partial charge in [0.2, 0.25) is 0 Å². The third-order valence-corrected chi connectivity index (χ3v) is 4.61. The maximum absolute atomic E-state index is 4.56. The van der Waals surface area contributed by atoms with Gasteiger partial charge in [-0.2, -0.15) is 0 Å². The molecule has 0 saturated heterocycles. The summed E-state index contributed by atoms with van der Waals surface area (Å²) in [6.07, 6.45) is 5.17. The van der Waals surface area contributed by atoms with Gasteiger partial charge in [0.15, 0.2) is 0 Å². The molecule has 0 aliphatic carbocycles. The normalized spacial score (nSPS) is 18.3. The minimum Gasteiger partial charge on any atom is -0.337 e. The van der Waals surface area contributed by atoms with Crippen LogP contribution in [0.1, 0.15) is 29.4 Å². The fraction of sp³-hybridized carbons (Fsp3) is 0.400. The minimum atomic E-state index is 0.386. The van der Waals surface area contributed by atoms with Crippen molar-refractivity contribution >= 4 is 15.9 Å². The Balaban J connectivity index is 1.73. The van der Waals surface area contributed by atoms with Crippen LogP contribution in [0.2, 0.25) is 0 Å². The summed E-state index contributed by atoms with van der Waals surface area (Å²) >= 11 is 3.62. The van der Waals surface area contributed by atoms with Crippen molar-refractivity contribution < 1.29 is 0 Å². The van der Waals surface area contributed by atoms with Crippen LogP contribution in [0, 0.1) is 0 Å². The highest BCUT2D eigenvalue weighted by molar-refractivity contribution is 9.10. The first kappa shape index (κ1) is 12.9. The highest BCUT2D eigenvalue weighted by Gasteiger charge is 2.23. The van der Waals surface area contributed by atoms with Gasteiger partial charge in [0.1, 0.15) is 0 Å². The zero-order valence-corrected chi connectivity index (χ0v) is 12.7. The van der Waals surface area contributed by atoms with Crippen molar-refractivity contribution in [3.8, 4) is 0 Å². The second-order valence-corrected chi connectivity index (χ2v) is 5.93. The number of benzene rings is 1. The van der Waals surface area contributed by atoms with Gasteiger partial charge in [0.25, 0.3) is 0 Å². The minimum absolute atomic E-state index is 0.386. The number of imidazole rings is 1. The van der Waals surface area contributed by atoms with Crippen molar-refractivity contribution in [1.29, 1.82) is 0 Å². The number of rotatable bonds is 3. The molecule has 4 heteroatoms. The molecule has 1 N–H and O–H groups in total. The molecule has 0 fully saturated rings. The van der Waals surface area contributed by atoms with Crippen molar-refractivity contribution in [1.82, 2.24) is 14.9 Å². The molecule has 100 valence electrons. The lowest BCUT2D eigenvalue weighted by atomic mass is 9.98. The van der Waals surface area contributed by atoms with Gasteiger partial charge in [0.05, 0.1) is 18.1 Å². The maximum atomic E-state index is 4.56. The Morgan fingerprint density at radius 2 is 2.26 bits per heavy atom. The van der Waals surface area contributed by atoms with Crippen molar-refractivity contribution in [2.24, 2.45) is 7.05 Å². The number of nitrogens with one attached hydrogen (secondary N) is 1. The SMILES string of the molecule is Cn1cnc2c1CCNC2CCc1ccccc1Br. The van der Waals surface area contributed by atoms with E-state index in [9.17, 15) is 0 Å². The van der Waals surface area contributed by atoms with E-state index in [0.717, 1.165) is 25.8 Å². The molecule has 3 rings (SSSR count). The lowest BCUT2D eigenvalue weighted by Crippen LogP contribution is -2.31. The number of hydrogen-bond acceptors (Lipinski definition) is 2. The average molecular weight is 320 g/mol. The van der Waals surface area contributed by atoms with Crippen molar-refractivity contribution in [2.45, 2.75) is 25.3 Å². The molecule has 1 aliphatic heterocycles. The van der Waals surface area contributed by atoms with E-state index in [4.69, 9.17) is 0 Å². The van der Waals surface area contributed by atoms with Crippen LogP contribution in [0.5, 0.6) is 0 Å². The number of aromatic nitrogens is 2. The molecule has 0 radical (unpaired) electrons. The lowest BCUT2D eigenvalue weighted by molar-refractivity contribution is 0.460. The van der Waals surface area contributed by atoms with E-state index in [0.29, 0.717) is 6.04 Å². The Bertz CT molecular complexity index is 577. The number of hydrogen-bond donors (Lipinski definition) is 1. The standard InChI is InChI=1S/C15H18BrN3/c1-19-10-18-15-13(17-9-8-14(15)19)7-6-11-4-2-3-5-12(11)16/h2-5,10,13,17H,6-9H2,1H3. The summed E-state index contributed by atoms with van der Waals surface area (Å²) in [6, 6.07) is 8.84. The molecule has 2 heterocycles. The van der Waals surface area contributed by atoms with E-state index in [2.05, 4.69) is 62.1 Å². The van der Waals surface area contributed by atoms with Crippen LogP contribution in [-0.4, -0.2) is 16.1 Å². The van der Waals surface area contributed by atoms with Gasteiger partial charge in [0, 0.05) is 30.2 Å². The Labute approximate surface area is 122 Å². The molecule has 1 aliphatic rings. The number of fused-ring (bicyclic) bond motifs is 1. The summed E-state index contributed by atoms with van der Waals surface area (Å²) < 4.78 is 3.36. The predicted octanol–water partition coefficient (Wildman–Crippen LogP) is 3.00. The van der Waals surface area contributed by atoms with Gasteiger partial charge in [-0.15, -0.1) is 0 Å². The lowest BCUT2D eigenvalue weighted by Gasteiger charge is -2.24. The van der Waals surface area contributed by atoms with E-state index in [1.54, 1.807) is 0 Å². The van der Waals surface area contributed by atoms with Crippen molar-refractivity contribution in [3.63, 3.8) is 0 Å². The van der Waals surface area contributed by atoms with Crippen LogP contribution in [0.25, 0.3) is 0 Å². The zero-order chi connectivity index (χ0) is 13.2. The summed E-state index contributed by atoms with van der Waals surface area (Å²) in [5.74, 6) is 0. The molecule has 19 heavy (non-hydrogen) atoms. The number of nitrogens with zero attached hydrogens (tertiary/aromatic N) is 2. The molecule has 1 aromatic carbocycles. The second-order valence-electron chi connectivity index (χ2n) is 5.07. The van der Waals surface area contributed by atoms with Gasteiger partial charge >= 0.3 is 0 Å². The summed E-state index contributed by atoms with van der Waals surface area (Å²) in [6.45, 7) is 1.05. The molecule has 1 unspecified atom stereocenters. The molecule has 1 atom stereocenters. The molecule has 0 bridgehead atoms. The Morgan fingerprint density at radius 1 is 1.42 bits per heavy atom. The summed E-state index contributed by atoms with van der Waals surface area (Å²) in [4.78, 5) is 4.56. The Hall–Kier alpha value is -1.13. The van der Waals surface area contributed by atoms with Crippen LogP contribution in [0.4, 0.5) is 0 Å². The molecule has 0 saturated carbocycles. The Kier molecular flexibility index (Phi) is 3.71.